The maximum atomic E-state index is 12.9. The van der Waals surface area contributed by atoms with E-state index >= 15 is 0 Å². The van der Waals surface area contributed by atoms with Gasteiger partial charge in [0, 0.05) is 17.0 Å². The Morgan fingerprint density at radius 1 is 1.26 bits per heavy atom. The molecular weight excluding hydrogens is 271 g/mol. The second kappa shape index (κ2) is 6.07. The highest BCUT2D eigenvalue weighted by Crippen LogP contribution is 2.37. The highest BCUT2D eigenvalue weighted by Gasteiger charge is 2.34. The first-order valence-corrected chi connectivity index (χ1v) is 7.60. The fraction of sp³-hybridized carbons (Fsp3) is 0.571. The smallest absolute Gasteiger partial charge is 0.382 e. The van der Waals surface area contributed by atoms with Gasteiger partial charge >= 0.3 is 6.18 Å². The molecule has 1 aromatic rings. The van der Waals surface area contributed by atoms with Crippen molar-refractivity contribution in [3.05, 3.63) is 29.8 Å². The van der Waals surface area contributed by atoms with Gasteiger partial charge in [0.15, 0.2) is 0 Å². The Kier molecular flexibility index (Phi) is 4.66. The summed E-state index contributed by atoms with van der Waals surface area (Å²) < 4.78 is 38.6. The molecule has 1 N–H and O–H groups in total. The lowest BCUT2D eigenvalue weighted by molar-refractivity contribution is -0.137. The van der Waals surface area contributed by atoms with Gasteiger partial charge in [-0.15, -0.1) is 0 Å². The Morgan fingerprint density at radius 3 is 2.68 bits per heavy atom. The molecule has 0 amide bonds. The molecule has 2 atom stereocenters. The van der Waals surface area contributed by atoms with E-state index in [1.807, 2.05) is 11.8 Å². The third-order valence-corrected chi connectivity index (χ3v) is 4.61. The first-order valence-electron chi connectivity index (χ1n) is 6.55. The minimum Gasteiger partial charge on any atom is -0.382 e. The summed E-state index contributed by atoms with van der Waals surface area (Å²) in [4.78, 5) is 0. The zero-order valence-corrected chi connectivity index (χ0v) is 11.7. The molecule has 0 spiro atoms. The van der Waals surface area contributed by atoms with E-state index in [4.69, 9.17) is 0 Å². The third-order valence-electron chi connectivity index (χ3n) is 3.38. The molecule has 1 aromatic carbocycles. The molecule has 1 fully saturated rings. The largest absolute Gasteiger partial charge is 0.418 e. The minimum absolute atomic E-state index is 0.160. The molecule has 106 valence electrons. The number of rotatable bonds is 4. The average Bonchev–Trinajstić information content (AvgIpc) is 2.76. The maximum absolute atomic E-state index is 12.9. The SMILES string of the molecule is CCSC1CCC(Nc2ccccc2C(F)(F)F)C1. The lowest BCUT2D eigenvalue weighted by Gasteiger charge is -2.19. The van der Waals surface area contributed by atoms with Crippen LogP contribution < -0.4 is 5.32 Å². The Labute approximate surface area is 116 Å². The van der Waals surface area contributed by atoms with Crippen LogP contribution in [0.25, 0.3) is 0 Å². The van der Waals surface area contributed by atoms with Gasteiger partial charge in [-0.1, -0.05) is 19.1 Å². The Morgan fingerprint density at radius 2 is 2.00 bits per heavy atom. The molecule has 1 saturated carbocycles. The van der Waals surface area contributed by atoms with Crippen LogP contribution in [0, 0.1) is 0 Å². The van der Waals surface area contributed by atoms with Gasteiger partial charge in [-0.25, -0.2) is 0 Å². The number of para-hydroxylation sites is 1. The van der Waals surface area contributed by atoms with Crippen LogP contribution in [-0.2, 0) is 6.18 Å². The van der Waals surface area contributed by atoms with E-state index in [2.05, 4.69) is 12.2 Å². The van der Waals surface area contributed by atoms with E-state index in [0.717, 1.165) is 31.1 Å². The van der Waals surface area contributed by atoms with Crippen LogP contribution in [-0.4, -0.2) is 17.0 Å². The fourth-order valence-corrected chi connectivity index (χ4v) is 3.68. The molecule has 1 aliphatic carbocycles. The molecule has 0 bridgehead atoms. The summed E-state index contributed by atoms with van der Waals surface area (Å²) in [5.41, 5.74) is -0.358. The number of halogens is 3. The predicted molar refractivity (Wildman–Crippen MR) is 74.6 cm³/mol. The molecule has 2 rings (SSSR count). The summed E-state index contributed by atoms with van der Waals surface area (Å²) in [5, 5.41) is 3.65. The number of nitrogens with one attached hydrogen (secondary N) is 1. The van der Waals surface area contributed by atoms with E-state index < -0.39 is 11.7 Å². The highest BCUT2D eigenvalue weighted by molar-refractivity contribution is 7.99. The summed E-state index contributed by atoms with van der Waals surface area (Å²) >= 11 is 1.90. The van der Waals surface area contributed by atoms with Crippen molar-refractivity contribution >= 4 is 17.4 Å². The van der Waals surface area contributed by atoms with Crippen LogP contribution >= 0.6 is 11.8 Å². The standard InChI is InChI=1S/C14H18F3NS/c1-2-19-11-8-7-10(9-11)18-13-6-4-3-5-12(13)14(15,16)17/h3-6,10-11,18H,2,7-9H2,1H3. The van der Waals surface area contributed by atoms with Gasteiger partial charge in [0.2, 0.25) is 0 Å². The molecule has 0 aliphatic heterocycles. The van der Waals surface area contributed by atoms with E-state index in [9.17, 15) is 13.2 Å². The van der Waals surface area contributed by atoms with Crippen LogP contribution in [0.15, 0.2) is 24.3 Å². The molecule has 0 heterocycles. The van der Waals surface area contributed by atoms with E-state index in [-0.39, 0.29) is 11.7 Å². The summed E-state index contributed by atoms with van der Waals surface area (Å²) in [5.74, 6) is 1.07. The van der Waals surface area contributed by atoms with E-state index in [0.29, 0.717) is 5.25 Å². The molecule has 0 saturated heterocycles. The lowest BCUT2D eigenvalue weighted by atomic mass is 10.1. The molecule has 2 unspecified atom stereocenters. The Hall–Kier alpha value is -0.840. The molecule has 1 aliphatic rings. The topological polar surface area (TPSA) is 12.0 Å². The predicted octanol–water partition coefficient (Wildman–Crippen LogP) is 4.79. The molecule has 1 nitrogen and oxygen atoms in total. The van der Waals surface area contributed by atoms with Gasteiger partial charge in [0.1, 0.15) is 0 Å². The zero-order valence-electron chi connectivity index (χ0n) is 10.8. The van der Waals surface area contributed by atoms with Gasteiger partial charge in [-0.2, -0.15) is 24.9 Å². The number of thioether (sulfide) groups is 1. The summed E-state index contributed by atoms with van der Waals surface area (Å²) in [7, 11) is 0. The lowest BCUT2D eigenvalue weighted by Crippen LogP contribution is -2.19. The molecular formula is C14H18F3NS. The van der Waals surface area contributed by atoms with Gasteiger partial charge in [-0.05, 0) is 37.1 Å². The summed E-state index contributed by atoms with van der Waals surface area (Å²) in [6.45, 7) is 2.12. The molecule has 0 aromatic heterocycles. The van der Waals surface area contributed by atoms with Crippen molar-refractivity contribution in [2.75, 3.05) is 11.1 Å². The van der Waals surface area contributed by atoms with Crippen molar-refractivity contribution in [3.63, 3.8) is 0 Å². The van der Waals surface area contributed by atoms with Crippen molar-refractivity contribution in [2.24, 2.45) is 0 Å². The van der Waals surface area contributed by atoms with Crippen LogP contribution in [0.5, 0.6) is 0 Å². The van der Waals surface area contributed by atoms with Crippen molar-refractivity contribution in [1.82, 2.24) is 0 Å². The van der Waals surface area contributed by atoms with Gasteiger partial charge in [0.05, 0.1) is 5.56 Å². The first-order chi connectivity index (χ1) is 9.00. The molecule has 19 heavy (non-hydrogen) atoms. The number of benzene rings is 1. The number of hydrogen-bond donors (Lipinski definition) is 1. The fourth-order valence-electron chi connectivity index (χ4n) is 2.53. The highest BCUT2D eigenvalue weighted by atomic mass is 32.2. The van der Waals surface area contributed by atoms with Gasteiger partial charge in [0.25, 0.3) is 0 Å². The van der Waals surface area contributed by atoms with Crippen LogP contribution in [0.2, 0.25) is 0 Å². The van der Waals surface area contributed by atoms with Gasteiger partial charge in [-0.3, -0.25) is 0 Å². The monoisotopic (exact) mass is 289 g/mol. The van der Waals surface area contributed by atoms with Crippen molar-refractivity contribution in [3.8, 4) is 0 Å². The van der Waals surface area contributed by atoms with Crippen LogP contribution in [0.3, 0.4) is 0 Å². The average molecular weight is 289 g/mol. The maximum Gasteiger partial charge on any atom is 0.418 e. The van der Waals surface area contributed by atoms with Crippen molar-refractivity contribution in [2.45, 2.75) is 43.7 Å². The van der Waals surface area contributed by atoms with Crippen molar-refractivity contribution in [1.29, 1.82) is 0 Å². The van der Waals surface area contributed by atoms with Crippen molar-refractivity contribution < 1.29 is 13.2 Å². The summed E-state index contributed by atoms with van der Waals surface area (Å²) in [6, 6.07) is 5.88. The van der Waals surface area contributed by atoms with Crippen LogP contribution in [0.4, 0.5) is 18.9 Å². The van der Waals surface area contributed by atoms with Crippen LogP contribution in [0.1, 0.15) is 31.7 Å². The Balaban J connectivity index is 2.04. The summed E-state index contributed by atoms with van der Waals surface area (Å²) in [6.07, 6.45) is -1.31. The number of hydrogen-bond acceptors (Lipinski definition) is 2. The minimum atomic E-state index is -4.29. The van der Waals surface area contributed by atoms with E-state index in [1.165, 1.54) is 12.1 Å². The second-order valence-electron chi connectivity index (χ2n) is 4.78. The normalized spacial score (nSPS) is 23.6. The number of anilines is 1. The number of alkyl halides is 3. The molecule has 0 radical (unpaired) electrons. The third kappa shape index (κ3) is 3.81. The quantitative estimate of drug-likeness (QED) is 0.855. The first kappa shape index (κ1) is 14.6. The second-order valence-corrected chi connectivity index (χ2v) is 6.35. The molecule has 5 heteroatoms. The van der Waals surface area contributed by atoms with Gasteiger partial charge < -0.3 is 5.32 Å². The van der Waals surface area contributed by atoms with E-state index in [1.54, 1.807) is 6.07 Å². The zero-order chi connectivity index (χ0) is 13.9. The Bertz CT molecular complexity index is 419.